The third kappa shape index (κ3) is 7.22. The normalized spacial score (nSPS) is 10.9. The number of methoxy groups -OCH3 is 2. The predicted molar refractivity (Wildman–Crippen MR) is 83.2 cm³/mol. The van der Waals surface area contributed by atoms with Crippen molar-refractivity contribution in [2.75, 3.05) is 47.5 Å². The molecule has 0 aliphatic carbocycles. The molecule has 0 saturated carbocycles. The van der Waals surface area contributed by atoms with E-state index in [1.165, 1.54) is 7.11 Å². The Kier molecular flexibility index (Phi) is 8.66. The second-order valence-electron chi connectivity index (χ2n) is 4.99. The quantitative estimate of drug-likeness (QED) is 0.517. The maximum absolute atomic E-state index is 11.4. The van der Waals surface area contributed by atoms with Gasteiger partial charge in [-0.15, -0.1) is 0 Å². The van der Waals surface area contributed by atoms with Crippen LogP contribution in [-0.4, -0.2) is 58.4 Å². The maximum atomic E-state index is 11.4. The third-order valence-electron chi connectivity index (χ3n) is 3.34. The van der Waals surface area contributed by atoms with E-state index in [1.807, 2.05) is 24.3 Å². The van der Waals surface area contributed by atoms with Gasteiger partial charge in [0.25, 0.3) is 0 Å². The molecule has 1 aromatic rings. The van der Waals surface area contributed by atoms with Crippen LogP contribution in [0.15, 0.2) is 24.3 Å². The number of carbonyl (C=O) groups excluding carboxylic acids is 1. The SMILES string of the molecule is COCCN(C)CCNCc1ccccc1CC(=O)OC. The first-order chi connectivity index (χ1) is 10.2. The first kappa shape index (κ1) is 17.6. The fourth-order valence-corrected chi connectivity index (χ4v) is 1.98. The van der Waals surface area contributed by atoms with Crippen molar-refractivity contribution in [1.29, 1.82) is 0 Å². The van der Waals surface area contributed by atoms with E-state index < -0.39 is 0 Å². The lowest BCUT2D eigenvalue weighted by Crippen LogP contribution is -2.31. The molecule has 5 nitrogen and oxygen atoms in total. The van der Waals surface area contributed by atoms with Crippen LogP contribution in [-0.2, 0) is 27.2 Å². The monoisotopic (exact) mass is 294 g/mol. The van der Waals surface area contributed by atoms with Gasteiger partial charge in [0, 0.05) is 33.3 Å². The summed E-state index contributed by atoms with van der Waals surface area (Å²) in [6, 6.07) is 7.95. The summed E-state index contributed by atoms with van der Waals surface area (Å²) < 4.78 is 9.77. The molecular weight excluding hydrogens is 268 g/mol. The molecule has 0 radical (unpaired) electrons. The highest BCUT2D eigenvalue weighted by atomic mass is 16.5. The Morgan fingerprint density at radius 3 is 2.57 bits per heavy atom. The van der Waals surface area contributed by atoms with Gasteiger partial charge in [-0.3, -0.25) is 4.79 Å². The zero-order chi connectivity index (χ0) is 15.5. The van der Waals surface area contributed by atoms with E-state index in [-0.39, 0.29) is 5.97 Å². The van der Waals surface area contributed by atoms with Crippen molar-refractivity contribution in [2.24, 2.45) is 0 Å². The number of nitrogens with one attached hydrogen (secondary N) is 1. The van der Waals surface area contributed by atoms with Crippen molar-refractivity contribution in [3.05, 3.63) is 35.4 Å². The van der Waals surface area contributed by atoms with Crippen LogP contribution in [0.1, 0.15) is 11.1 Å². The highest BCUT2D eigenvalue weighted by Gasteiger charge is 2.07. The van der Waals surface area contributed by atoms with Gasteiger partial charge in [-0.25, -0.2) is 0 Å². The van der Waals surface area contributed by atoms with Crippen molar-refractivity contribution < 1.29 is 14.3 Å². The predicted octanol–water partition coefficient (Wildman–Crippen LogP) is 1.07. The topological polar surface area (TPSA) is 50.8 Å². The fraction of sp³-hybridized carbons (Fsp3) is 0.562. The molecule has 0 saturated heterocycles. The van der Waals surface area contributed by atoms with Crippen LogP contribution in [0.2, 0.25) is 0 Å². The number of ether oxygens (including phenoxy) is 2. The van der Waals surface area contributed by atoms with E-state index in [0.29, 0.717) is 6.42 Å². The third-order valence-corrected chi connectivity index (χ3v) is 3.34. The molecule has 118 valence electrons. The highest BCUT2D eigenvalue weighted by Crippen LogP contribution is 2.09. The van der Waals surface area contributed by atoms with Gasteiger partial charge in [-0.2, -0.15) is 0 Å². The first-order valence-electron chi connectivity index (χ1n) is 7.19. The second kappa shape index (κ2) is 10.3. The molecular formula is C16H26N2O3. The molecule has 21 heavy (non-hydrogen) atoms. The zero-order valence-corrected chi connectivity index (χ0v) is 13.2. The largest absolute Gasteiger partial charge is 0.469 e. The van der Waals surface area contributed by atoms with Gasteiger partial charge in [0.15, 0.2) is 0 Å². The Labute approximate surface area is 127 Å². The average Bonchev–Trinajstić information content (AvgIpc) is 2.50. The summed E-state index contributed by atoms with van der Waals surface area (Å²) in [6.45, 7) is 4.29. The molecule has 1 rings (SSSR count). The van der Waals surface area contributed by atoms with E-state index in [4.69, 9.17) is 9.47 Å². The number of nitrogens with zero attached hydrogens (tertiary/aromatic N) is 1. The lowest BCUT2D eigenvalue weighted by molar-refractivity contribution is -0.139. The van der Waals surface area contributed by atoms with Crippen molar-refractivity contribution >= 4 is 5.97 Å². The number of hydrogen-bond acceptors (Lipinski definition) is 5. The molecule has 0 amide bonds. The number of esters is 1. The fourth-order valence-electron chi connectivity index (χ4n) is 1.98. The van der Waals surface area contributed by atoms with Gasteiger partial charge in [0.2, 0.25) is 0 Å². The van der Waals surface area contributed by atoms with Crippen molar-refractivity contribution in [2.45, 2.75) is 13.0 Å². The number of likely N-dealkylation sites (N-methyl/N-ethyl adjacent to an activating group) is 1. The van der Waals surface area contributed by atoms with Crippen LogP contribution in [0.25, 0.3) is 0 Å². The average molecular weight is 294 g/mol. The summed E-state index contributed by atoms with van der Waals surface area (Å²) in [5, 5.41) is 3.41. The molecule has 0 aromatic heterocycles. The van der Waals surface area contributed by atoms with Crippen molar-refractivity contribution in [3.8, 4) is 0 Å². The molecule has 0 aliphatic heterocycles. The summed E-state index contributed by atoms with van der Waals surface area (Å²) in [4.78, 5) is 13.6. The van der Waals surface area contributed by atoms with Gasteiger partial charge < -0.3 is 19.7 Å². The Bertz CT molecular complexity index is 424. The van der Waals surface area contributed by atoms with E-state index in [9.17, 15) is 4.79 Å². The van der Waals surface area contributed by atoms with Crippen LogP contribution >= 0.6 is 0 Å². The summed E-state index contributed by atoms with van der Waals surface area (Å²) >= 11 is 0. The molecule has 0 aliphatic rings. The smallest absolute Gasteiger partial charge is 0.309 e. The zero-order valence-electron chi connectivity index (χ0n) is 13.2. The van der Waals surface area contributed by atoms with Crippen LogP contribution in [0.3, 0.4) is 0 Å². The van der Waals surface area contributed by atoms with Crippen LogP contribution in [0.5, 0.6) is 0 Å². The Morgan fingerprint density at radius 1 is 1.19 bits per heavy atom. The van der Waals surface area contributed by atoms with E-state index in [0.717, 1.165) is 43.9 Å². The van der Waals surface area contributed by atoms with Gasteiger partial charge in [-0.1, -0.05) is 24.3 Å². The standard InChI is InChI=1S/C16H26N2O3/c1-18(10-11-20-2)9-8-17-13-15-7-5-4-6-14(15)12-16(19)21-3/h4-7,17H,8-13H2,1-3H3. The Morgan fingerprint density at radius 2 is 1.90 bits per heavy atom. The molecule has 0 heterocycles. The molecule has 0 unspecified atom stereocenters. The molecule has 0 bridgehead atoms. The number of rotatable bonds is 10. The minimum absolute atomic E-state index is 0.207. The van der Waals surface area contributed by atoms with Crippen LogP contribution in [0, 0.1) is 0 Å². The Hall–Kier alpha value is -1.43. The molecule has 0 atom stereocenters. The second-order valence-corrected chi connectivity index (χ2v) is 4.99. The number of carbonyl (C=O) groups is 1. The molecule has 0 fully saturated rings. The summed E-state index contributed by atoms with van der Waals surface area (Å²) in [5.41, 5.74) is 2.16. The van der Waals surface area contributed by atoms with Gasteiger partial charge in [0.05, 0.1) is 20.1 Å². The van der Waals surface area contributed by atoms with Crippen LogP contribution in [0.4, 0.5) is 0 Å². The minimum Gasteiger partial charge on any atom is -0.469 e. The Balaban J connectivity index is 2.36. The summed E-state index contributed by atoms with van der Waals surface area (Å²) in [7, 11) is 5.20. The van der Waals surface area contributed by atoms with E-state index in [1.54, 1.807) is 7.11 Å². The van der Waals surface area contributed by atoms with Crippen molar-refractivity contribution in [1.82, 2.24) is 10.2 Å². The summed E-state index contributed by atoms with van der Waals surface area (Å²) in [5.74, 6) is -0.207. The molecule has 5 heteroatoms. The maximum Gasteiger partial charge on any atom is 0.309 e. The van der Waals surface area contributed by atoms with Gasteiger partial charge in [-0.05, 0) is 18.2 Å². The minimum atomic E-state index is -0.207. The first-order valence-corrected chi connectivity index (χ1v) is 7.19. The van der Waals surface area contributed by atoms with E-state index >= 15 is 0 Å². The lowest BCUT2D eigenvalue weighted by Gasteiger charge is -2.16. The molecule has 1 aromatic carbocycles. The lowest BCUT2D eigenvalue weighted by atomic mass is 10.0. The van der Waals surface area contributed by atoms with Crippen LogP contribution < -0.4 is 5.32 Å². The van der Waals surface area contributed by atoms with Gasteiger partial charge in [0.1, 0.15) is 0 Å². The van der Waals surface area contributed by atoms with Gasteiger partial charge >= 0.3 is 5.97 Å². The summed E-state index contributed by atoms with van der Waals surface area (Å²) in [6.07, 6.45) is 0.322. The molecule has 0 spiro atoms. The number of benzene rings is 1. The van der Waals surface area contributed by atoms with Crippen molar-refractivity contribution in [3.63, 3.8) is 0 Å². The number of hydrogen-bond donors (Lipinski definition) is 1. The van der Waals surface area contributed by atoms with E-state index in [2.05, 4.69) is 17.3 Å². The highest BCUT2D eigenvalue weighted by molar-refractivity contribution is 5.72. The molecule has 1 N–H and O–H groups in total.